The maximum atomic E-state index is 13.9. The third-order valence-electron chi connectivity index (χ3n) is 5.24. The molecule has 0 aliphatic carbocycles. The summed E-state index contributed by atoms with van der Waals surface area (Å²) in [6.07, 6.45) is 0. The summed E-state index contributed by atoms with van der Waals surface area (Å²) in [4.78, 5) is 14.0. The summed E-state index contributed by atoms with van der Waals surface area (Å²) < 4.78 is 13.9. The van der Waals surface area contributed by atoms with E-state index in [9.17, 15) is 9.65 Å². The highest BCUT2D eigenvalue weighted by Gasteiger charge is 2.14. The van der Waals surface area contributed by atoms with Crippen molar-refractivity contribution in [3.05, 3.63) is 115 Å². The molecular weight excluding hydrogens is 411 g/mol. The Bertz CT molecular complexity index is 1480. The quantitative estimate of drug-likeness (QED) is 0.326. The molecule has 33 heavy (non-hydrogen) atoms. The van der Waals surface area contributed by atoms with Gasteiger partial charge in [-0.3, -0.25) is 0 Å². The molecule has 4 aromatic carbocycles. The second-order valence-electron chi connectivity index (χ2n) is 7.43. The first kappa shape index (κ1) is 20.2. The number of hydrogen-bond acceptors (Lipinski definition) is 4. The van der Waals surface area contributed by atoms with Crippen LogP contribution in [0, 0.1) is 17.1 Å². The zero-order valence-electron chi connectivity index (χ0n) is 17.5. The molecule has 0 aliphatic rings. The fraction of sp³-hybridized carbons (Fsp3) is 0. The molecule has 1 aromatic heterocycles. The van der Waals surface area contributed by atoms with E-state index in [-0.39, 0.29) is 5.56 Å². The molecule has 1 heterocycles. The van der Waals surface area contributed by atoms with Crippen LogP contribution in [0.4, 0.5) is 4.39 Å². The standard InChI is InChI=1S/C28H17FN4/c29-25-15-14-23(17-24(25)18-30)28-32-26(20-10-5-2-6-11-20)31-27(33-28)22-13-7-12-21(16-22)19-8-3-1-4-9-19/h1-17H. The maximum Gasteiger partial charge on any atom is 0.164 e. The Morgan fingerprint density at radius 3 is 1.67 bits per heavy atom. The summed E-state index contributed by atoms with van der Waals surface area (Å²) in [7, 11) is 0. The van der Waals surface area contributed by atoms with Crippen molar-refractivity contribution in [1.82, 2.24) is 15.0 Å². The second-order valence-corrected chi connectivity index (χ2v) is 7.43. The van der Waals surface area contributed by atoms with Crippen LogP contribution in [0.25, 0.3) is 45.3 Å². The lowest BCUT2D eigenvalue weighted by Crippen LogP contribution is -2.00. The lowest BCUT2D eigenvalue weighted by atomic mass is 10.0. The number of benzene rings is 4. The number of hydrogen-bond donors (Lipinski definition) is 0. The molecule has 0 saturated carbocycles. The maximum absolute atomic E-state index is 13.9. The smallest absolute Gasteiger partial charge is 0.164 e. The van der Waals surface area contributed by atoms with Gasteiger partial charge in [-0.1, -0.05) is 78.9 Å². The summed E-state index contributed by atoms with van der Waals surface area (Å²) in [6, 6.07) is 33.9. The first-order valence-corrected chi connectivity index (χ1v) is 10.4. The zero-order valence-corrected chi connectivity index (χ0v) is 17.5. The van der Waals surface area contributed by atoms with Gasteiger partial charge in [0.05, 0.1) is 5.56 Å². The van der Waals surface area contributed by atoms with Crippen LogP contribution in [0.3, 0.4) is 0 Å². The first-order valence-electron chi connectivity index (χ1n) is 10.4. The van der Waals surface area contributed by atoms with E-state index >= 15 is 0 Å². The molecule has 0 unspecified atom stereocenters. The third kappa shape index (κ3) is 4.23. The van der Waals surface area contributed by atoms with E-state index in [0.717, 1.165) is 22.3 Å². The summed E-state index contributed by atoms with van der Waals surface area (Å²) in [5, 5.41) is 9.25. The van der Waals surface area contributed by atoms with Gasteiger partial charge in [-0.25, -0.2) is 19.3 Å². The average molecular weight is 428 g/mol. The highest BCUT2D eigenvalue weighted by Crippen LogP contribution is 2.28. The number of halogens is 1. The Kier molecular flexibility index (Phi) is 5.40. The molecule has 0 fully saturated rings. The number of rotatable bonds is 4. The molecule has 4 nitrogen and oxygen atoms in total. The summed E-state index contributed by atoms with van der Waals surface area (Å²) >= 11 is 0. The van der Waals surface area contributed by atoms with Crippen molar-refractivity contribution >= 4 is 0 Å². The Labute approximate surface area is 190 Å². The van der Waals surface area contributed by atoms with Crippen LogP contribution >= 0.6 is 0 Å². The average Bonchev–Trinajstić information content (AvgIpc) is 2.90. The van der Waals surface area contributed by atoms with E-state index < -0.39 is 5.82 Å². The van der Waals surface area contributed by atoms with E-state index in [1.807, 2.05) is 78.9 Å². The van der Waals surface area contributed by atoms with E-state index in [2.05, 4.69) is 22.1 Å². The first-order chi connectivity index (χ1) is 16.2. The van der Waals surface area contributed by atoms with E-state index in [1.54, 1.807) is 6.07 Å². The van der Waals surface area contributed by atoms with Gasteiger partial charge < -0.3 is 0 Å². The van der Waals surface area contributed by atoms with Crippen LogP contribution in [0.5, 0.6) is 0 Å². The van der Waals surface area contributed by atoms with Crippen molar-refractivity contribution in [3.63, 3.8) is 0 Å². The third-order valence-corrected chi connectivity index (χ3v) is 5.24. The van der Waals surface area contributed by atoms with Gasteiger partial charge in [-0.05, 0) is 35.4 Å². The molecule has 0 N–H and O–H groups in total. The molecule has 156 valence electrons. The normalized spacial score (nSPS) is 10.5. The minimum absolute atomic E-state index is 0.0539. The van der Waals surface area contributed by atoms with Gasteiger partial charge in [0.25, 0.3) is 0 Å². The van der Waals surface area contributed by atoms with Crippen molar-refractivity contribution in [2.24, 2.45) is 0 Å². The highest BCUT2D eigenvalue weighted by atomic mass is 19.1. The molecule has 0 bridgehead atoms. The van der Waals surface area contributed by atoms with E-state index in [1.165, 1.54) is 12.1 Å². The molecule has 0 radical (unpaired) electrons. The minimum Gasteiger partial charge on any atom is -0.208 e. The van der Waals surface area contributed by atoms with Crippen molar-refractivity contribution in [3.8, 4) is 51.4 Å². The fourth-order valence-electron chi connectivity index (χ4n) is 3.57. The molecule has 0 saturated heterocycles. The summed E-state index contributed by atoms with van der Waals surface area (Å²) in [6.45, 7) is 0. The van der Waals surface area contributed by atoms with Crippen LogP contribution in [-0.4, -0.2) is 15.0 Å². The minimum atomic E-state index is -0.575. The topological polar surface area (TPSA) is 62.5 Å². The molecule has 0 aliphatic heterocycles. The van der Waals surface area contributed by atoms with Crippen molar-refractivity contribution in [1.29, 1.82) is 5.26 Å². The van der Waals surface area contributed by atoms with Gasteiger partial charge in [0.2, 0.25) is 0 Å². The number of nitrogens with zero attached hydrogens (tertiary/aromatic N) is 4. The van der Waals surface area contributed by atoms with Gasteiger partial charge in [0, 0.05) is 16.7 Å². The predicted molar refractivity (Wildman–Crippen MR) is 126 cm³/mol. The van der Waals surface area contributed by atoms with Gasteiger partial charge in [-0.15, -0.1) is 0 Å². The second kappa shape index (κ2) is 8.81. The van der Waals surface area contributed by atoms with Crippen molar-refractivity contribution in [2.45, 2.75) is 0 Å². The van der Waals surface area contributed by atoms with Gasteiger partial charge >= 0.3 is 0 Å². The summed E-state index contributed by atoms with van der Waals surface area (Å²) in [5.74, 6) is 0.804. The molecule has 0 atom stereocenters. The number of aromatic nitrogens is 3. The highest BCUT2D eigenvalue weighted by molar-refractivity contribution is 5.72. The predicted octanol–water partition coefficient (Wildman–Crippen LogP) is 6.55. The van der Waals surface area contributed by atoms with Crippen LogP contribution in [0.15, 0.2) is 103 Å². The Morgan fingerprint density at radius 1 is 0.515 bits per heavy atom. The van der Waals surface area contributed by atoms with Crippen LogP contribution in [-0.2, 0) is 0 Å². The Hall–Kier alpha value is -4.69. The number of nitriles is 1. The molecule has 5 rings (SSSR count). The monoisotopic (exact) mass is 428 g/mol. The van der Waals surface area contributed by atoms with Gasteiger partial charge in [0.15, 0.2) is 17.5 Å². The van der Waals surface area contributed by atoms with Crippen LogP contribution in [0.2, 0.25) is 0 Å². The lowest BCUT2D eigenvalue weighted by Gasteiger charge is -2.10. The largest absolute Gasteiger partial charge is 0.208 e. The molecule has 5 heteroatoms. The SMILES string of the molecule is N#Cc1cc(-c2nc(-c3ccccc3)nc(-c3cccc(-c4ccccc4)c3)n2)ccc1F. The summed E-state index contributed by atoms with van der Waals surface area (Å²) in [5.41, 5.74) is 4.30. The molecule has 0 amide bonds. The van der Waals surface area contributed by atoms with Crippen molar-refractivity contribution in [2.75, 3.05) is 0 Å². The fourth-order valence-corrected chi connectivity index (χ4v) is 3.57. The van der Waals surface area contributed by atoms with E-state index in [0.29, 0.717) is 23.0 Å². The van der Waals surface area contributed by atoms with Gasteiger partial charge in [-0.2, -0.15) is 5.26 Å². The lowest BCUT2D eigenvalue weighted by molar-refractivity contribution is 0.624. The van der Waals surface area contributed by atoms with Crippen LogP contribution < -0.4 is 0 Å². The Morgan fingerprint density at radius 2 is 1.03 bits per heavy atom. The zero-order chi connectivity index (χ0) is 22.6. The van der Waals surface area contributed by atoms with Crippen molar-refractivity contribution < 1.29 is 4.39 Å². The van der Waals surface area contributed by atoms with E-state index in [4.69, 9.17) is 4.98 Å². The Balaban J connectivity index is 1.68. The molecule has 0 spiro atoms. The molecule has 5 aromatic rings. The van der Waals surface area contributed by atoms with Crippen LogP contribution in [0.1, 0.15) is 5.56 Å². The van der Waals surface area contributed by atoms with Gasteiger partial charge in [0.1, 0.15) is 11.9 Å². The molecular formula is C28H17FN4.